The van der Waals surface area contributed by atoms with Gasteiger partial charge < -0.3 is 10.6 Å². The average Bonchev–Trinajstić information content (AvgIpc) is 2.97. The lowest BCUT2D eigenvalue weighted by atomic mass is 10.0. The lowest BCUT2D eigenvalue weighted by molar-refractivity contribution is -0.122. The van der Waals surface area contributed by atoms with Crippen LogP contribution < -0.4 is 10.6 Å². The van der Waals surface area contributed by atoms with Gasteiger partial charge in [-0.15, -0.1) is 0 Å². The van der Waals surface area contributed by atoms with E-state index in [1.807, 2.05) is 24.3 Å². The monoisotopic (exact) mass is 280 g/mol. The molecule has 1 atom stereocenters. The molecule has 21 heavy (non-hydrogen) atoms. The first-order valence-corrected chi connectivity index (χ1v) is 7.46. The van der Waals surface area contributed by atoms with Crippen molar-refractivity contribution in [1.29, 1.82) is 0 Å². The molecule has 1 heterocycles. The molecule has 3 nitrogen and oxygen atoms in total. The third kappa shape index (κ3) is 2.92. The van der Waals surface area contributed by atoms with E-state index in [4.69, 9.17) is 0 Å². The van der Waals surface area contributed by atoms with Crippen molar-refractivity contribution in [2.75, 3.05) is 11.9 Å². The van der Waals surface area contributed by atoms with Crippen LogP contribution in [-0.4, -0.2) is 12.5 Å². The standard InChI is InChI=1S/C18H20N2O/c1-2-13-7-9-14(10-8-13)11-20-18(21)16-12-19-17-6-4-3-5-15(16)17/h3-10,16,19H,2,11-12H2,1H3,(H,20,21). The first kappa shape index (κ1) is 13.7. The maximum atomic E-state index is 12.4. The number of nitrogens with one attached hydrogen (secondary N) is 2. The predicted molar refractivity (Wildman–Crippen MR) is 85.3 cm³/mol. The Balaban J connectivity index is 1.62. The minimum absolute atomic E-state index is 0.0869. The van der Waals surface area contributed by atoms with Gasteiger partial charge in [-0.3, -0.25) is 4.79 Å². The third-order valence-corrected chi connectivity index (χ3v) is 4.05. The first-order chi connectivity index (χ1) is 10.3. The van der Waals surface area contributed by atoms with Crippen molar-refractivity contribution in [3.05, 3.63) is 65.2 Å². The van der Waals surface area contributed by atoms with Gasteiger partial charge in [-0.05, 0) is 29.2 Å². The van der Waals surface area contributed by atoms with Crippen LogP contribution >= 0.6 is 0 Å². The number of para-hydroxylation sites is 1. The fourth-order valence-corrected chi connectivity index (χ4v) is 2.72. The molecule has 0 aromatic heterocycles. The molecule has 0 aliphatic carbocycles. The molecule has 0 saturated heterocycles. The summed E-state index contributed by atoms with van der Waals surface area (Å²) in [6.07, 6.45) is 1.04. The van der Waals surface area contributed by atoms with E-state index in [0.29, 0.717) is 13.1 Å². The molecule has 0 saturated carbocycles. The van der Waals surface area contributed by atoms with Gasteiger partial charge in [0.25, 0.3) is 0 Å². The fraction of sp³-hybridized carbons (Fsp3) is 0.278. The molecule has 3 heteroatoms. The molecule has 0 fully saturated rings. The van der Waals surface area contributed by atoms with Crippen LogP contribution in [0.5, 0.6) is 0 Å². The summed E-state index contributed by atoms with van der Waals surface area (Å²) in [6.45, 7) is 3.41. The van der Waals surface area contributed by atoms with Gasteiger partial charge in [0.05, 0.1) is 5.92 Å². The van der Waals surface area contributed by atoms with Gasteiger partial charge in [-0.1, -0.05) is 49.4 Å². The number of hydrogen-bond donors (Lipinski definition) is 2. The molecule has 3 rings (SSSR count). The molecule has 0 bridgehead atoms. The second-order valence-electron chi connectivity index (χ2n) is 5.41. The van der Waals surface area contributed by atoms with Gasteiger partial charge in [0.15, 0.2) is 0 Å². The number of anilines is 1. The summed E-state index contributed by atoms with van der Waals surface area (Å²) < 4.78 is 0. The Bertz CT molecular complexity index is 634. The van der Waals surface area contributed by atoms with Gasteiger partial charge in [-0.2, -0.15) is 0 Å². The summed E-state index contributed by atoms with van der Waals surface area (Å²) in [6, 6.07) is 16.4. The molecule has 1 amide bonds. The number of hydrogen-bond acceptors (Lipinski definition) is 2. The van der Waals surface area contributed by atoms with Crippen molar-refractivity contribution in [2.45, 2.75) is 25.8 Å². The van der Waals surface area contributed by atoms with Crippen molar-refractivity contribution in [3.63, 3.8) is 0 Å². The summed E-state index contributed by atoms with van der Waals surface area (Å²) in [7, 11) is 0. The van der Waals surface area contributed by atoms with Crippen LogP contribution in [0.15, 0.2) is 48.5 Å². The summed E-state index contributed by atoms with van der Waals surface area (Å²) in [5, 5.41) is 6.32. The summed E-state index contributed by atoms with van der Waals surface area (Å²) in [4.78, 5) is 12.4. The summed E-state index contributed by atoms with van der Waals surface area (Å²) in [5.74, 6) is 0.00290. The zero-order valence-corrected chi connectivity index (χ0v) is 12.2. The van der Waals surface area contributed by atoms with Crippen LogP contribution in [0.25, 0.3) is 0 Å². The Labute approximate surface area is 125 Å². The van der Waals surface area contributed by atoms with E-state index in [-0.39, 0.29) is 11.8 Å². The Hall–Kier alpha value is -2.29. The molecule has 2 aromatic rings. The molecule has 0 radical (unpaired) electrons. The molecule has 1 unspecified atom stereocenters. The number of amides is 1. The number of fused-ring (bicyclic) bond motifs is 1. The summed E-state index contributed by atoms with van der Waals surface area (Å²) >= 11 is 0. The van der Waals surface area contributed by atoms with Crippen LogP contribution in [0, 0.1) is 0 Å². The number of benzene rings is 2. The third-order valence-electron chi connectivity index (χ3n) is 4.05. The highest BCUT2D eigenvalue weighted by Crippen LogP contribution is 2.30. The Morgan fingerprint density at radius 2 is 1.86 bits per heavy atom. The van der Waals surface area contributed by atoms with Crippen molar-refractivity contribution in [1.82, 2.24) is 5.32 Å². The topological polar surface area (TPSA) is 41.1 Å². The number of carbonyl (C=O) groups is 1. The Kier molecular flexibility index (Phi) is 3.91. The van der Waals surface area contributed by atoms with Crippen LogP contribution in [0.3, 0.4) is 0 Å². The maximum Gasteiger partial charge on any atom is 0.229 e. The largest absolute Gasteiger partial charge is 0.384 e. The van der Waals surface area contributed by atoms with E-state index in [0.717, 1.165) is 23.2 Å². The van der Waals surface area contributed by atoms with E-state index >= 15 is 0 Å². The molecule has 1 aliphatic rings. The van der Waals surface area contributed by atoms with Crippen molar-refractivity contribution in [3.8, 4) is 0 Å². The van der Waals surface area contributed by atoms with Gasteiger partial charge in [0, 0.05) is 18.8 Å². The van der Waals surface area contributed by atoms with Crippen LogP contribution in [0.1, 0.15) is 29.5 Å². The minimum atomic E-state index is -0.0869. The normalized spacial score (nSPS) is 16.1. The van der Waals surface area contributed by atoms with E-state index in [1.54, 1.807) is 0 Å². The second kappa shape index (κ2) is 6.00. The van der Waals surface area contributed by atoms with Crippen molar-refractivity contribution < 1.29 is 4.79 Å². The Morgan fingerprint density at radius 1 is 1.14 bits per heavy atom. The van der Waals surface area contributed by atoms with Crippen LogP contribution in [0.4, 0.5) is 5.69 Å². The van der Waals surface area contributed by atoms with Gasteiger partial charge >= 0.3 is 0 Å². The molecular formula is C18H20N2O. The van der Waals surface area contributed by atoms with E-state index in [2.05, 4.69) is 41.8 Å². The number of carbonyl (C=O) groups excluding carboxylic acids is 1. The maximum absolute atomic E-state index is 12.4. The zero-order chi connectivity index (χ0) is 14.7. The van der Waals surface area contributed by atoms with Gasteiger partial charge in [-0.25, -0.2) is 0 Å². The summed E-state index contributed by atoms with van der Waals surface area (Å²) in [5.41, 5.74) is 4.63. The molecule has 108 valence electrons. The lowest BCUT2D eigenvalue weighted by Gasteiger charge is -2.11. The van der Waals surface area contributed by atoms with Gasteiger partial charge in [0.2, 0.25) is 5.91 Å². The van der Waals surface area contributed by atoms with E-state index < -0.39 is 0 Å². The van der Waals surface area contributed by atoms with E-state index in [1.165, 1.54) is 5.56 Å². The second-order valence-corrected chi connectivity index (χ2v) is 5.41. The van der Waals surface area contributed by atoms with Crippen LogP contribution in [0.2, 0.25) is 0 Å². The molecule has 0 spiro atoms. The molecule has 2 N–H and O–H groups in total. The van der Waals surface area contributed by atoms with Gasteiger partial charge in [0.1, 0.15) is 0 Å². The highest BCUT2D eigenvalue weighted by molar-refractivity contribution is 5.88. The molecular weight excluding hydrogens is 260 g/mol. The SMILES string of the molecule is CCc1ccc(CNC(=O)C2CNc3ccccc32)cc1. The average molecular weight is 280 g/mol. The quantitative estimate of drug-likeness (QED) is 0.903. The molecule has 2 aromatic carbocycles. The predicted octanol–water partition coefficient (Wildman–Crippen LogP) is 3.07. The van der Waals surface area contributed by atoms with Crippen LogP contribution in [-0.2, 0) is 17.8 Å². The highest BCUT2D eigenvalue weighted by Gasteiger charge is 2.27. The number of aryl methyl sites for hydroxylation is 1. The molecule has 1 aliphatic heterocycles. The first-order valence-electron chi connectivity index (χ1n) is 7.46. The smallest absolute Gasteiger partial charge is 0.229 e. The Morgan fingerprint density at radius 3 is 2.62 bits per heavy atom. The highest BCUT2D eigenvalue weighted by atomic mass is 16.1. The minimum Gasteiger partial charge on any atom is -0.384 e. The number of rotatable bonds is 4. The van der Waals surface area contributed by atoms with Crippen molar-refractivity contribution >= 4 is 11.6 Å². The lowest BCUT2D eigenvalue weighted by Crippen LogP contribution is -2.29. The van der Waals surface area contributed by atoms with E-state index in [9.17, 15) is 4.79 Å². The fourth-order valence-electron chi connectivity index (χ4n) is 2.72. The van der Waals surface area contributed by atoms with Crippen molar-refractivity contribution in [2.24, 2.45) is 0 Å². The zero-order valence-electron chi connectivity index (χ0n) is 12.2.